The Labute approximate surface area is 162 Å². The molecule has 2 N–H and O–H groups in total. The van der Waals surface area contributed by atoms with Crippen LogP contribution in [0.3, 0.4) is 0 Å². The molecule has 6 nitrogen and oxygen atoms in total. The van der Waals surface area contributed by atoms with E-state index in [4.69, 9.17) is 9.47 Å². The summed E-state index contributed by atoms with van der Waals surface area (Å²) in [5, 5.41) is 5.19. The lowest BCUT2D eigenvalue weighted by Crippen LogP contribution is -2.23. The highest BCUT2D eigenvalue weighted by Gasteiger charge is 2.13. The summed E-state index contributed by atoms with van der Waals surface area (Å²) >= 11 is 0. The van der Waals surface area contributed by atoms with Gasteiger partial charge in [-0.3, -0.25) is 9.78 Å². The molecule has 2 aromatic heterocycles. The van der Waals surface area contributed by atoms with E-state index in [0.717, 1.165) is 33.2 Å². The van der Waals surface area contributed by atoms with E-state index in [2.05, 4.69) is 21.4 Å². The third-order valence-corrected chi connectivity index (χ3v) is 4.81. The van der Waals surface area contributed by atoms with Gasteiger partial charge in [0.15, 0.2) is 11.5 Å². The zero-order chi connectivity index (χ0) is 19.7. The van der Waals surface area contributed by atoms with E-state index in [1.165, 1.54) is 0 Å². The van der Waals surface area contributed by atoms with Crippen molar-refractivity contribution in [3.05, 3.63) is 65.5 Å². The lowest BCUT2D eigenvalue weighted by Gasteiger charge is -2.10. The molecule has 2 heterocycles. The van der Waals surface area contributed by atoms with Crippen LogP contribution in [-0.4, -0.2) is 30.1 Å². The van der Waals surface area contributed by atoms with Crippen molar-refractivity contribution in [3.63, 3.8) is 0 Å². The number of hydrogen-bond donors (Lipinski definition) is 2. The van der Waals surface area contributed by atoms with Gasteiger partial charge in [0.1, 0.15) is 0 Å². The van der Waals surface area contributed by atoms with Gasteiger partial charge in [-0.15, -0.1) is 0 Å². The minimum atomic E-state index is -0.195. The highest BCUT2D eigenvalue weighted by molar-refractivity contribution is 6.07. The minimum absolute atomic E-state index is 0.195. The van der Waals surface area contributed by atoms with E-state index in [1.807, 2.05) is 31.2 Å². The van der Waals surface area contributed by atoms with Gasteiger partial charge in [0.2, 0.25) is 0 Å². The summed E-state index contributed by atoms with van der Waals surface area (Å²) in [6.07, 6.45) is 0. The van der Waals surface area contributed by atoms with Crippen LogP contribution < -0.4 is 14.8 Å². The summed E-state index contributed by atoms with van der Waals surface area (Å²) in [6.45, 7) is 2.31. The van der Waals surface area contributed by atoms with Gasteiger partial charge in [-0.2, -0.15) is 0 Å². The number of carbonyl (C=O) groups is 1. The topological polar surface area (TPSA) is 76.2 Å². The minimum Gasteiger partial charge on any atom is -0.493 e. The molecule has 4 rings (SSSR count). The molecule has 0 aliphatic heterocycles. The summed E-state index contributed by atoms with van der Waals surface area (Å²) in [6, 6.07) is 15.3. The molecule has 142 valence electrons. The summed E-state index contributed by atoms with van der Waals surface area (Å²) in [7, 11) is 3.11. The molecular weight excluding hydrogens is 354 g/mol. The Morgan fingerprint density at radius 2 is 1.82 bits per heavy atom. The Morgan fingerprint density at radius 3 is 2.61 bits per heavy atom. The van der Waals surface area contributed by atoms with Crippen molar-refractivity contribution in [1.29, 1.82) is 0 Å². The monoisotopic (exact) mass is 375 g/mol. The molecule has 6 heteroatoms. The van der Waals surface area contributed by atoms with Gasteiger partial charge >= 0.3 is 0 Å². The summed E-state index contributed by atoms with van der Waals surface area (Å²) < 4.78 is 10.5. The number of nitrogens with zero attached hydrogens (tertiary/aromatic N) is 1. The number of para-hydroxylation sites is 1. The van der Waals surface area contributed by atoms with Crippen molar-refractivity contribution in [2.24, 2.45) is 0 Å². The molecule has 0 aliphatic rings. The first-order chi connectivity index (χ1) is 13.6. The predicted molar refractivity (Wildman–Crippen MR) is 109 cm³/mol. The fourth-order valence-electron chi connectivity index (χ4n) is 3.41. The van der Waals surface area contributed by atoms with Crippen LogP contribution in [0.15, 0.2) is 48.5 Å². The van der Waals surface area contributed by atoms with Gasteiger partial charge in [-0.05, 0) is 37.3 Å². The molecule has 0 radical (unpaired) electrons. The van der Waals surface area contributed by atoms with Crippen LogP contribution in [0.5, 0.6) is 11.5 Å². The summed E-state index contributed by atoms with van der Waals surface area (Å²) in [5.41, 5.74) is 4.32. The number of amides is 1. The highest BCUT2D eigenvalue weighted by atomic mass is 16.5. The van der Waals surface area contributed by atoms with E-state index in [-0.39, 0.29) is 5.91 Å². The maximum Gasteiger partial charge on any atom is 0.251 e. The van der Waals surface area contributed by atoms with Gasteiger partial charge in [-0.25, -0.2) is 0 Å². The average Bonchev–Trinajstić information content (AvgIpc) is 3.11. The Kier molecular flexibility index (Phi) is 4.61. The van der Waals surface area contributed by atoms with Crippen molar-refractivity contribution >= 4 is 27.7 Å². The predicted octanol–water partition coefficient (Wildman–Crippen LogP) is 3.97. The first kappa shape index (κ1) is 17.9. The van der Waals surface area contributed by atoms with E-state index in [0.29, 0.717) is 23.6 Å². The number of aromatic nitrogens is 2. The van der Waals surface area contributed by atoms with Gasteiger partial charge in [0, 0.05) is 21.9 Å². The Morgan fingerprint density at radius 1 is 1.04 bits per heavy atom. The largest absolute Gasteiger partial charge is 0.493 e. The number of pyridine rings is 1. The number of methoxy groups -OCH3 is 2. The second-order valence-corrected chi connectivity index (χ2v) is 6.54. The van der Waals surface area contributed by atoms with E-state index < -0.39 is 0 Å². The lowest BCUT2D eigenvalue weighted by molar-refractivity contribution is 0.0950. The Balaban J connectivity index is 1.58. The van der Waals surface area contributed by atoms with E-state index >= 15 is 0 Å². The number of aryl methyl sites for hydroxylation is 1. The number of benzene rings is 2. The number of H-pyrrole nitrogens is 1. The zero-order valence-corrected chi connectivity index (χ0v) is 16.0. The standard InChI is InChI=1S/C22H21N3O3/c1-13-21-17(16-6-4-5-7-18(16)25-21)11-15(24-13)12-23-22(26)14-8-9-19(27-2)20(10-14)28-3/h4-11,25H,12H2,1-3H3,(H,23,26). The molecular formula is C22H21N3O3. The van der Waals surface area contributed by atoms with Gasteiger partial charge in [0.05, 0.1) is 37.7 Å². The molecule has 2 aromatic carbocycles. The van der Waals surface area contributed by atoms with Crippen LogP contribution in [0.25, 0.3) is 21.8 Å². The third-order valence-electron chi connectivity index (χ3n) is 4.81. The summed E-state index contributed by atoms with van der Waals surface area (Å²) in [5.74, 6) is 0.907. The molecule has 0 saturated heterocycles. The second-order valence-electron chi connectivity index (χ2n) is 6.54. The molecule has 0 aliphatic carbocycles. The number of ether oxygens (including phenoxy) is 2. The SMILES string of the molecule is COc1ccc(C(=O)NCc2cc3c([nH]c4ccccc43)c(C)n2)cc1OC. The molecule has 0 bridgehead atoms. The Bertz CT molecular complexity index is 1180. The van der Waals surface area contributed by atoms with Crippen LogP contribution in [-0.2, 0) is 6.54 Å². The van der Waals surface area contributed by atoms with Crippen molar-refractivity contribution in [3.8, 4) is 11.5 Å². The van der Waals surface area contributed by atoms with E-state index in [9.17, 15) is 4.79 Å². The third kappa shape index (κ3) is 3.13. The average molecular weight is 375 g/mol. The van der Waals surface area contributed by atoms with Crippen molar-refractivity contribution in [2.75, 3.05) is 14.2 Å². The van der Waals surface area contributed by atoms with Gasteiger partial charge in [0.25, 0.3) is 5.91 Å². The fourth-order valence-corrected chi connectivity index (χ4v) is 3.41. The first-order valence-corrected chi connectivity index (χ1v) is 8.98. The molecule has 0 atom stereocenters. The number of rotatable bonds is 5. The van der Waals surface area contributed by atoms with Crippen LogP contribution in [0.1, 0.15) is 21.7 Å². The molecule has 1 amide bonds. The number of carbonyl (C=O) groups excluding carboxylic acids is 1. The van der Waals surface area contributed by atoms with Gasteiger partial charge in [-0.1, -0.05) is 18.2 Å². The highest BCUT2D eigenvalue weighted by Crippen LogP contribution is 2.28. The Hall–Kier alpha value is -3.54. The summed E-state index contributed by atoms with van der Waals surface area (Å²) in [4.78, 5) is 20.6. The van der Waals surface area contributed by atoms with Crippen LogP contribution in [0.4, 0.5) is 0 Å². The smallest absolute Gasteiger partial charge is 0.251 e. The van der Waals surface area contributed by atoms with Crippen molar-refractivity contribution in [2.45, 2.75) is 13.5 Å². The zero-order valence-electron chi connectivity index (χ0n) is 16.0. The molecule has 0 saturated carbocycles. The molecule has 0 unspecified atom stereocenters. The second kappa shape index (κ2) is 7.23. The lowest BCUT2D eigenvalue weighted by atomic mass is 10.1. The number of aromatic amines is 1. The molecule has 0 spiro atoms. The maximum atomic E-state index is 12.6. The van der Waals surface area contributed by atoms with Crippen LogP contribution >= 0.6 is 0 Å². The van der Waals surface area contributed by atoms with E-state index in [1.54, 1.807) is 32.4 Å². The fraction of sp³-hybridized carbons (Fsp3) is 0.182. The van der Waals surface area contributed by atoms with Crippen molar-refractivity contribution in [1.82, 2.24) is 15.3 Å². The first-order valence-electron chi connectivity index (χ1n) is 8.98. The number of fused-ring (bicyclic) bond motifs is 3. The molecule has 28 heavy (non-hydrogen) atoms. The normalized spacial score (nSPS) is 11.0. The number of hydrogen-bond acceptors (Lipinski definition) is 4. The molecule has 4 aromatic rings. The quantitative estimate of drug-likeness (QED) is 0.553. The van der Waals surface area contributed by atoms with Gasteiger partial charge < -0.3 is 19.8 Å². The van der Waals surface area contributed by atoms with Crippen molar-refractivity contribution < 1.29 is 14.3 Å². The molecule has 0 fully saturated rings. The van der Waals surface area contributed by atoms with Crippen LogP contribution in [0, 0.1) is 6.92 Å². The number of nitrogens with one attached hydrogen (secondary N) is 2. The van der Waals surface area contributed by atoms with Crippen LogP contribution in [0.2, 0.25) is 0 Å². The maximum absolute atomic E-state index is 12.6.